The van der Waals surface area contributed by atoms with E-state index in [4.69, 9.17) is 9.88 Å². The Kier molecular flexibility index (Phi) is 5.84. The molecule has 8 nitrogen and oxygen atoms in total. The molecule has 146 valence electrons. The Labute approximate surface area is 164 Å². The first-order chi connectivity index (χ1) is 12.7. The van der Waals surface area contributed by atoms with Gasteiger partial charge in [0.1, 0.15) is 4.21 Å². The first kappa shape index (κ1) is 20.2. The second-order valence-electron chi connectivity index (χ2n) is 5.41. The third-order valence-corrected chi connectivity index (χ3v) is 8.30. The van der Waals surface area contributed by atoms with E-state index in [0.29, 0.717) is 30.0 Å². The number of benzene rings is 1. The molecule has 0 atom stereocenters. The van der Waals surface area contributed by atoms with Crippen molar-refractivity contribution in [2.45, 2.75) is 22.6 Å². The second-order valence-corrected chi connectivity index (χ2v) is 10.8. The number of nitrogens with zero attached hydrogens (tertiary/aromatic N) is 2. The lowest BCUT2D eigenvalue weighted by molar-refractivity contribution is 0.139. The first-order valence-electron chi connectivity index (χ1n) is 7.81. The summed E-state index contributed by atoms with van der Waals surface area (Å²) in [5.74, 6) is 0. The Morgan fingerprint density at radius 2 is 2.00 bits per heavy atom. The van der Waals surface area contributed by atoms with Gasteiger partial charge in [-0.3, -0.25) is 0 Å². The van der Waals surface area contributed by atoms with Crippen molar-refractivity contribution in [1.82, 2.24) is 4.57 Å². The number of fused-ring (bicyclic) bond motifs is 1. The normalized spacial score (nSPS) is 13.5. The van der Waals surface area contributed by atoms with Gasteiger partial charge in [0.15, 0.2) is 0 Å². The summed E-state index contributed by atoms with van der Waals surface area (Å²) in [6.07, 6.45) is 0. The van der Waals surface area contributed by atoms with Crippen molar-refractivity contribution in [2.75, 3.05) is 13.2 Å². The highest BCUT2D eigenvalue weighted by Crippen LogP contribution is 2.23. The van der Waals surface area contributed by atoms with Crippen molar-refractivity contribution in [3.8, 4) is 0 Å². The summed E-state index contributed by atoms with van der Waals surface area (Å²) < 4.78 is 60.0. The van der Waals surface area contributed by atoms with Crippen LogP contribution in [0.15, 0.2) is 49.2 Å². The van der Waals surface area contributed by atoms with Crippen LogP contribution in [0.1, 0.15) is 6.92 Å². The highest BCUT2D eigenvalue weighted by Gasteiger charge is 2.17. The minimum atomic E-state index is -3.86. The van der Waals surface area contributed by atoms with Gasteiger partial charge in [0.2, 0.25) is 14.8 Å². The average Bonchev–Trinajstić information content (AvgIpc) is 3.22. The number of thiazole rings is 1. The molecule has 2 N–H and O–H groups in total. The molecule has 0 aliphatic heterocycles. The van der Waals surface area contributed by atoms with Crippen molar-refractivity contribution in [2.24, 2.45) is 9.54 Å². The van der Waals surface area contributed by atoms with Crippen molar-refractivity contribution >= 4 is 52.9 Å². The molecule has 0 radical (unpaired) electrons. The van der Waals surface area contributed by atoms with E-state index in [1.807, 2.05) is 6.92 Å². The molecule has 3 aromatic rings. The van der Waals surface area contributed by atoms with Crippen molar-refractivity contribution in [3.63, 3.8) is 0 Å². The van der Waals surface area contributed by atoms with Crippen LogP contribution in [0.4, 0.5) is 0 Å². The molecule has 0 saturated heterocycles. The Bertz CT molecular complexity index is 1220. The maximum Gasteiger partial charge on any atom is 0.294 e. The maximum atomic E-state index is 12.5. The minimum Gasteiger partial charge on any atom is -0.380 e. The molecule has 0 fully saturated rings. The molecule has 2 heterocycles. The molecule has 0 aliphatic carbocycles. The fourth-order valence-corrected chi connectivity index (χ4v) is 6.26. The number of aromatic nitrogens is 1. The van der Waals surface area contributed by atoms with Gasteiger partial charge in [-0.1, -0.05) is 17.4 Å². The van der Waals surface area contributed by atoms with E-state index in [1.165, 1.54) is 18.2 Å². The number of primary sulfonamides is 1. The molecule has 27 heavy (non-hydrogen) atoms. The molecule has 0 amide bonds. The van der Waals surface area contributed by atoms with Crippen LogP contribution in [0.3, 0.4) is 0 Å². The highest BCUT2D eigenvalue weighted by atomic mass is 32.2. The summed E-state index contributed by atoms with van der Waals surface area (Å²) in [5, 5.41) is 6.85. The molecular formula is C15H17N3O5S4. The van der Waals surface area contributed by atoms with E-state index in [2.05, 4.69) is 4.40 Å². The van der Waals surface area contributed by atoms with Gasteiger partial charge in [0.05, 0.1) is 21.7 Å². The lowest BCUT2D eigenvalue weighted by Crippen LogP contribution is -2.19. The number of rotatable bonds is 7. The molecule has 0 bridgehead atoms. The second kappa shape index (κ2) is 7.81. The third kappa shape index (κ3) is 4.47. The van der Waals surface area contributed by atoms with Crippen molar-refractivity contribution in [1.29, 1.82) is 0 Å². The molecule has 0 spiro atoms. The van der Waals surface area contributed by atoms with Gasteiger partial charge in [-0.2, -0.15) is 8.42 Å². The SMILES string of the molecule is CCOCCn1c(=NS(=O)(=O)c2cccs2)sc2cc(S(N)(=O)=O)ccc21. The molecular weight excluding hydrogens is 430 g/mol. The summed E-state index contributed by atoms with van der Waals surface area (Å²) in [4.78, 5) is 0.200. The summed E-state index contributed by atoms with van der Waals surface area (Å²) in [5.41, 5.74) is 0.659. The average molecular weight is 448 g/mol. The van der Waals surface area contributed by atoms with Gasteiger partial charge < -0.3 is 9.30 Å². The number of sulfonamides is 2. The molecule has 2 aromatic heterocycles. The predicted octanol–water partition coefficient (Wildman–Crippen LogP) is 1.74. The standard InChI is InChI=1S/C15H17N3O5S4/c1-2-23-8-7-18-12-6-5-11(26(16,19)20)10-13(12)25-15(18)17-27(21,22)14-4-3-9-24-14/h3-6,9-10H,2,7-8H2,1H3,(H2,16,19,20). The lowest BCUT2D eigenvalue weighted by atomic mass is 10.3. The Morgan fingerprint density at radius 1 is 1.22 bits per heavy atom. The molecule has 12 heteroatoms. The Morgan fingerprint density at radius 3 is 2.63 bits per heavy atom. The van der Waals surface area contributed by atoms with E-state index in [9.17, 15) is 16.8 Å². The van der Waals surface area contributed by atoms with Gasteiger partial charge in [-0.15, -0.1) is 15.7 Å². The zero-order valence-corrected chi connectivity index (χ0v) is 17.5. The fraction of sp³-hybridized carbons (Fsp3) is 0.267. The largest absolute Gasteiger partial charge is 0.380 e. The van der Waals surface area contributed by atoms with Crippen molar-refractivity contribution < 1.29 is 21.6 Å². The Balaban J connectivity index is 2.20. The first-order valence-corrected chi connectivity index (χ1v) is 12.5. The number of hydrogen-bond acceptors (Lipinski definition) is 7. The number of ether oxygens (including phenoxy) is 1. The van der Waals surface area contributed by atoms with Gasteiger partial charge in [0.25, 0.3) is 10.0 Å². The Hall–Kier alpha value is -1.57. The van der Waals surface area contributed by atoms with Gasteiger partial charge in [-0.05, 0) is 36.6 Å². The number of nitrogens with two attached hydrogens (primary N) is 1. The van der Waals surface area contributed by atoms with Crippen molar-refractivity contribution in [3.05, 3.63) is 40.5 Å². The molecule has 0 saturated carbocycles. The zero-order valence-electron chi connectivity index (χ0n) is 14.2. The maximum absolute atomic E-state index is 12.5. The van der Waals surface area contributed by atoms with Crippen LogP contribution in [0.5, 0.6) is 0 Å². The lowest BCUT2D eigenvalue weighted by Gasteiger charge is -2.06. The van der Waals surface area contributed by atoms with E-state index in [0.717, 1.165) is 22.7 Å². The summed E-state index contributed by atoms with van der Waals surface area (Å²) in [7, 11) is -7.72. The third-order valence-electron chi connectivity index (χ3n) is 3.59. The fourth-order valence-electron chi connectivity index (χ4n) is 2.37. The van der Waals surface area contributed by atoms with Crippen LogP contribution < -0.4 is 9.94 Å². The van der Waals surface area contributed by atoms with Crippen LogP contribution >= 0.6 is 22.7 Å². The quantitative estimate of drug-likeness (QED) is 0.553. The van der Waals surface area contributed by atoms with E-state index in [1.54, 1.807) is 22.1 Å². The number of thiophene rings is 1. The van der Waals surface area contributed by atoms with Crippen LogP contribution in [-0.4, -0.2) is 34.6 Å². The van der Waals surface area contributed by atoms with Crippen LogP contribution in [0, 0.1) is 0 Å². The van der Waals surface area contributed by atoms with Gasteiger partial charge in [0, 0.05) is 13.2 Å². The van der Waals surface area contributed by atoms with Crippen LogP contribution in [0.25, 0.3) is 10.2 Å². The highest BCUT2D eigenvalue weighted by molar-refractivity contribution is 7.92. The summed E-state index contributed by atoms with van der Waals surface area (Å²) in [6.45, 7) is 3.13. The van der Waals surface area contributed by atoms with E-state index in [-0.39, 0.29) is 13.9 Å². The van der Waals surface area contributed by atoms with Crippen LogP contribution in [0.2, 0.25) is 0 Å². The monoisotopic (exact) mass is 447 g/mol. The van der Waals surface area contributed by atoms with Crippen LogP contribution in [-0.2, 0) is 31.3 Å². The molecule has 3 rings (SSSR count). The minimum absolute atomic E-state index is 0.0409. The molecule has 0 unspecified atom stereocenters. The predicted molar refractivity (Wildman–Crippen MR) is 105 cm³/mol. The van der Waals surface area contributed by atoms with Gasteiger partial charge in [-0.25, -0.2) is 13.6 Å². The van der Waals surface area contributed by atoms with E-state index < -0.39 is 20.0 Å². The zero-order chi connectivity index (χ0) is 19.7. The summed E-state index contributed by atoms with van der Waals surface area (Å²) >= 11 is 2.16. The van der Waals surface area contributed by atoms with E-state index >= 15 is 0 Å². The molecule has 1 aromatic carbocycles. The number of hydrogen-bond donors (Lipinski definition) is 1. The smallest absolute Gasteiger partial charge is 0.294 e. The molecule has 0 aliphatic rings. The van der Waals surface area contributed by atoms with Gasteiger partial charge >= 0.3 is 0 Å². The topological polar surface area (TPSA) is 121 Å². The summed E-state index contributed by atoms with van der Waals surface area (Å²) in [6, 6.07) is 7.52.